The van der Waals surface area contributed by atoms with Gasteiger partial charge in [-0.15, -0.1) is 11.3 Å². The van der Waals surface area contributed by atoms with Crippen LogP contribution in [0, 0.1) is 11.8 Å². The summed E-state index contributed by atoms with van der Waals surface area (Å²) < 4.78 is 0. The van der Waals surface area contributed by atoms with Crippen LogP contribution in [0.5, 0.6) is 0 Å². The zero-order chi connectivity index (χ0) is 17.3. The number of nitrogens with one attached hydrogen (secondary N) is 1. The molecule has 1 aromatic rings. The fourth-order valence-electron chi connectivity index (χ4n) is 3.47. The van der Waals surface area contributed by atoms with Crippen LogP contribution in [-0.4, -0.2) is 34.9 Å². The van der Waals surface area contributed by atoms with Crippen LogP contribution in [0.15, 0.2) is 6.20 Å². The highest BCUT2D eigenvalue weighted by Gasteiger charge is 2.37. The molecule has 1 saturated carbocycles. The summed E-state index contributed by atoms with van der Waals surface area (Å²) in [5, 5.41) is 4.95. The standard InChI is InChI=1S/C19H31N3OS/c1-5-13-12-22(17(23)14-6-7-14)9-8-16(13)20-10-15-11-21-18(24-15)19(2,3)4/h11,13-14,16,20H,5-10,12H2,1-4H3/t13-,16+/m1/s1. The molecule has 0 aromatic carbocycles. The first kappa shape index (κ1) is 17.9. The lowest BCUT2D eigenvalue weighted by Crippen LogP contribution is -2.51. The SMILES string of the molecule is CC[C@@H]1CN(C(=O)C2CC2)CC[C@@H]1NCc1cnc(C(C)(C)C)s1. The highest BCUT2D eigenvalue weighted by molar-refractivity contribution is 7.11. The molecule has 5 heteroatoms. The lowest BCUT2D eigenvalue weighted by Gasteiger charge is -2.39. The van der Waals surface area contributed by atoms with Crippen molar-refractivity contribution in [2.45, 2.75) is 71.4 Å². The normalized spacial score (nSPS) is 25.1. The van der Waals surface area contributed by atoms with Crippen molar-refractivity contribution in [1.29, 1.82) is 0 Å². The Hall–Kier alpha value is -0.940. The molecule has 1 aliphatic carbocycles. The van der Waals surface area contributed by atoms with Crippen LogP contribution in [0.4, 0.5) is 0 Å². The Balaban J connectivity index is 1.53. The van der Waals surface area contributed by atoms with Gasteiger partial charge in [0, 0.05) is 48.1 Å². The molecule has 1 saturated heterocycles. The Morgan fingerprint density at radius 2 is 2.12 bits per heavy atom. The summed E-state index contributed by atoms with van der Waals surface area (Å²) in [4.78, 5) is 20.3. The van der Waals surface area contributed by atoms with Crippen molar-refractivity contribution in [3.8, 4) is 0 Å². The van der Waals surface area contributed by atoms with Crippen LogP contribution in [0.1, 0.15) is 63.3 Å². The number of piperidine rings is 1. The molecule has 2 fully saturated rings. The Kier molecular flexibility index (Phi) is 5.30. The lowest BCUT2D eigenvalue weighted by atomic mass is 9.89. The van der Waals surface area contributed by atoms with Crippen LogP contribution < -0.4 is 5.32 Å². The first-order valence-electron chi connectivity index (χ1n) is 9.36. The number of carbonyl (C=O) groups excluding carboxylic acids is 1. The van der Waals surface area contributed by atoms with E-state index in [0.29, 0.717) is 23.8 Å². The minimum absolute atomic E-state index is 0.128. The predicted molar refractivity (Wildman–Crippen MR) is 99.1 cm³/mol. The highest BCUT2D eigenvalue weighted by atomic mass is 32.1. The van der Waals surface area contributed by atoms with E-state index in [1.54, 1.807) is 0 Å². The van der Waals surface area contributed by atoms with E-state index >= 15 is 0 Å². The van der Waals surface area contributed by atoms with Gasteiger partial charge in [-0.25, -0.2) is 4.98 Å². The van der Waals surface area contributed by atoms with Gasteiger partial charge in [0.05, 0.1) is 5.01 Å². The molecule has 4 nitrogen and oxygen atoms in total. The number of hydrogen-bond acceptors (Lipinski definition) is 4. The molecule has 2 heterocycles. The van der Waals surface area contributed by atoms with Gasteiger partial charge in [-0.1, -0.05) is 34.1 Å². The molecule has 3 rings (SSSR count). The molecule has 0 spiro atoms. The second-order valence-electron chi connectivity index (χ2n) is 8.38. The van der Waals surface area contributed by atoms with E-state index in [2.05, 4.69) is 42.9 Å². The molecule has 1 aromatic heterocycles. The fourth-order valence-corrected chi connectivity index (χ4v) is 4.39. The van der Waals surface area contributed by atoms with Gasteiger partial charge >= 0.3 is 0 Å². The summed E-state index contributed by atoms with van der Waals surface area (Å²) in [6, 6.07) is 0.512. The monoisotopic (exact) mass is 349 g/mol. The summed E-state index contributed by atoms with van der Waals surface area (Å²) in [6.45, 7) is 11.6. The maximum Gasteiger partial charge on any atom is 0.225 e. The number of hydrogen-bond donors (Lipinski definition) is 1. The minimum Gasteiger partial charge on any atom is -0.342 e. The van der Waals surface area contributed by atoms with E-state index in [4.69, 9.17) is 0 Å². The molecule has 0 bridgehead atoms. The van der Waals surface area contributed by atoms with Gasteiger partial charge in [0.1, 0.15) is 0 Å². The minimum atomic E-state index is 0.128. The Morgan fingerprint density at radius 1 is 1.38 bits per heavy atom. The molecule has 1 amide bonds. The van der Waals surface area contributed by atoms with E-state index in [1.165, 1.54) is 9.88 Å². The first-order valence-corrected chi connectivity index (χ1v) is 10.2. The number of nitrogens with zero attached hydrogens (tertiary/aromatic N) is 2. The van der Waals surface area contributed by atoms with E-state index in [-0.39, 0.29) is 5.41 Å². The Labute approximate surface area is 150 Å². The van der Waals surface area contributed by atoms with Crippen molar-refractivity contribution in [1.82, 2.24) is 15.2 Å². The molecular formula is C19H31N3OS. The summed E-state index contributed by atoms with van der Waals surface area (Å²) in [5.74, 6) is 1.32. The fraction of sp³-hybridized carbons (Fsp3) is 0.789. The zero-order valence-corrected chi connectivity index (χ0v) is 16.3. The number of amides is 1. The third-order valence-electron chi connectivity index (χ3n) is 5.23. The Morgan fingerprint density at radius 3 is 2.71 bits per heavy atom. The number of likely N-dealkylation sites (tertiary alicyclic amines) is 1. The molecule has 134 valence electrons. The number of thiazole rings is 1. The summed E-state index contributed by atoms with van der Waals surface area (Å²) >= 11 is 1.82. The molecule has 0 unspecified atom stereocenters. The molecule has 2 atom stereocenters. The summed E-state index contributed by atoms with van der Waals surface area (Å²) in [6.07, 6.45) is 6.43. The topological polar surface area (TPSA) is 45.2 Å². The maximum atomic E-state index is 12.3. The summed E-state index contributed by atoms with van der Waals surface area (Å²) in [7, 11) is 0. The van der Waals surface area contributed by atoms with Gasteiger partial charge in [-0.3, -0.25) is 4.79 Å². The Bertz CT molecular complexity index is 573. The predicted octanol–water partition coefficient (Wildman–Crippen LogP) is 3.57. The lowest BCUT2D eigenvalue weighted by molar-refractivity contribution is -0.134. The van der Waals surface area contributed by atoms with Crippen LogP contribution in [0.25, 0.3) is 0 Å². The molecular weight excluding hydrogens is 318 g/mol. The third-order valence-corrected chi connectivity index (χ3v) is 6.65. The molecule has 1 aliphatic heterocycles. The molecule has 2 aliphatic rings. The van der Waals surface area contributed by atoms with Gasteiger partial charge in [0.15, 0.2) is 0 Å². The van der Waals surface area contributed by atoms with E-state index in [1.807, 2.05) is 17.5 Å². The van der Waals surface area contributed by atoms with Crippen molar-refractivity contribution < 1.29 is 4.79 Å². The second kappa shape index (κ2) is 7.12. The number of rotatable bonds is 5. The van der Waals surface area contributed by atoms with Crippen LogP contribution >= 0.6 is 11.3 Å². The third kappa shape index (κ3) is 4.17. The maximum absolute atomic E-state index is 12.3. The van der Waals surface area contributed by atoms with Crippen molar-refractivity contribution in [3.05, 3.63) is 16.1 Å². The van der Waals surface area contributed by atoms with Crippen LogP contribution in [0.3, 0.4) is 0 Å². The van der Waals surface area contributed by atoms with Crippen molar-refractivity contribution >= 4 is 17.2 Å². The van der Waals surface area contributed by atoms with Gasteiger partial charge in [0.2, 0.25) is 5.91 Å². The van der Waals surface area contributed by atoms with E-state index in [0.717, 1.165) is 45.3 Å². The van der Waals surface area contributed by atoms with Crippen LogP contribution in [0.2, 0.25) is 0 Å². The van der Waals surface area contributed by atoms with Crippen LogP contribution in [-0.2, 0) is 16.8 Å². The highest BCUT2D eigenvalue weighted by Crippen LogP contribution is 2.33. The number of carbonyl (C=O) groups is 1. The van der Waals surface area contributed by atoms with Crippen molar-refractivity contribution in [3.63, 3.8) is 0 Å². The average Bonchev–Trinajstić information content (AvgIpc) is 3.28. The van der Waals surface area contributed by atoms with E-state index < -0.39 is 0 Å². The average molecular weight is 350 g/mol. The number of aromatic nitrogens is 1. The second-order valence-corrected chi connectivity index (χ2v) is 9.50. The van der Waals surface area contributed by atoms with Crippen molar-refractivity contribution in [2.24, 2.45) is 11.8 Å². The quantitative estimate of drug-likeness (QED) is 0.884. The first-order chi connectivity index (χ1) is 11.4. The molecule has 0 radical (unpaired) electrons. The van der Waals surface area contributed by atoms with Gasteiger partial charge in [0.25, 0.3) is 0 Å². The van der Waals surface area contributed by atoms with Gasteiger partial charge in [-0.05, 0) is 25.2 Å². The van der Waals surface area contributed by atoms with Gasteiger partial charge < -0.3 is 10.2 Å². The smallest absolute Gasteiger partial charge is 0.225 e. The summed E-state index contributed by atoms with van der Waals surface area (Å²) in [5.41, 5.74) is 0.128. The van der Waals surface area contributed by atoms with Crippen molar-refractivity contribution in [2.75, 3.05) is 13.1 Å². The van der Waals surface area contributed by atoms with Gasteiger partial charge in [-0.2, -0.15) is 0 Å². The zero-order valence-electron chi connectivity index (χ0n) is 15.5. The molecule has 1 N–H and O–H groups in total. The van der Waals surface area contributed by atoms with E-state index in [9.17, 15) is 4.79 Å². The molecule has 24 heavy (non-hydrogen) atoms. The largest absolute Gasteiger partial charge is 0.342 e.